The second-order valence-electron chi connectivity index (χ2n) is 4.17. The van der Waals surface area contributed by atoms with Crippen LogP contribution in [0.25, 0.3) is 0 Å². The molecule has 0 bridgehead atoms. The van der Waals surface area contributed by atoms with Gasteiger partial charge in [-0.25, -0.2) is 0 Å². The molecular formula is C15H18N2. The van der Waals surface area contributed by atoms with E-state index in [-0.39, 0.29) is 0 Å². The van der Waals surface area contributed by atoms with Crippen molar-refractivity contribution in [3.8, 4) is 0 Å². The second kappa shape index (κ2) is 6.16. The highest BCUT2D eigenvalue weighted by Gasteiger charge is 2.12. The number of nitrogens with two attached hydrogens (primary N) is 1. The minimum absolute atomic E-state index is 0.433. The molecule has 0 saturated carbocycles. The predicted molar refractivity (Wildman–Crippen MR) is 70.8 cm³/mol. The van der Waals surface area contributed by atoms with E-state index in [9.17, 15) is 0 Å². The molecule has 2 N–H and O–H groups in total. The lowest BCUT2D eigenvalue weighted by atomic mass is 9.88. The van der Waals surface area contributed by atoms with Crippen molar-refractivity contribution in [2.24, 2.45) is 5.73 Å². The SMILES string of the molecule is NCCCC(c1ccccc1)c1ccncc1. The van der Waals surface area contributed by atoms with Crippen molar-refractivity contribution < 1.29 is 0 Å². The summed E-state index contributed by atoms with van der Waals surface area (Å²) in [5, 5.41) is 0. The van der Waals surface area contributed by atoms with Gasteiger partial charge in [0.1, 0.15) is 0 Å². The smallest absolute Gasteiger partial charge is 0.0270 e. The molecule has 0 spiro atoms. The summed E-state index contributed by atoms with van der Waals surface area (Å²) in [7, 11) is 0. The third-order valence-electron chi connectivity index (χ3n) is 3.01. The Morgan fingerprint density at radius 1 is 0.941 bits per heavy atom. The van der Waals surface area contributed by atoms with Crippen LogP contribution < -0.4 is 5.73 Å². The normalized spacial score (nSPS) is 12.3. The largest absolute Gasteiger partial charge is 0.330 e. The van der Waals surface area contributed by atoms with E-state index in [1.807, 2.05) is 12.4 Å². The van der Waals surface area contributed by atoms with Crippen LogP contribution in [-0.4, -0.2) is 11.5 Å². The zero-order chi connectivity index (χ0) is 11.9. The molecule has 88 valence electrons. The van der Waals surface area contributed by atoms with Crippen LogP contribution in [0.4, 0.5) is 0 Å². The van der Waals surface area contributed by atoms with Gasteiger partial charge in [-0.15, -0.1) is 0 Å². The lowest BCUT2D eigenvalue weighted by molar-refractivity contribution is 0.668. The highest BCUT2D eigenvalue weighted by molar-refractivity contribution is 5.30. The molecule has 2 nitrogen and oxygen atoms in total. The average Bonchev–Trinajstić information content (AvgIpc) is 2.42. The molecule has 0 aliphatic rings. The lowest BCUT2D eigenvalue weighted by Crippen LogP contribution is -2.05. The molecule has 0 radical (unpaired) electrons. The summed E-state index contributed by atoms with van der Waals surface area (Å²) in [6.07, 6.45) is 5.84. The minimum Gasteiger partial charge on any atom is -0.330 e. The van der Waals surface area contributed by atoms with Gasteiger partial charge in [0.25, 0.3) is 0 Å². The van der Waals surface area contributed by atoms with Crippen LogP contribution in [0.1, 0.15) is 29.9 Å². The van der Waals surface area contributed by atoms with Gasteiger partial charge in [0, 0.05) is 18.3 Å². The molecule has 1 aromatic carbocycles. The highest BCUT2D eigenvalue weighted by Crippen LogP contribution is 2.28. The van der Waals surface area contributed by atoms with E-state index in [1.54, 1.807) is 0 Å². The zero-order valence-electron chi connectivity index (χ0n) is 9.92. The number of aromatic nitrogens is 1. The van der Waals surface area contributed by atoms with Crippen molar-refractivity contribution in [3.05, 3.63) is 66.0 Å². The molecule has 0 aliphatic heterocycles. The zero-order valence-corrected chi connectivity index (χ0v) is 9.92. The second-order valence-corrected chi connectivity index (χ2v) is 4.17. The number of rotatable bonds is 5. The Morgan fingerprint density at radius 3 is 2.24 bits per heavy atom. The van der Waals surface area contributed by atoms with Crippen LogP contribution >= 0.6 is 0 Å². The molecule has 0 fully saturated rings. The first-order chi connectivity index (χ1) is 8.42. The van der Waals surface area contributed by atoms with Crippen molar-refractivity contribution in [1.82, 2.24) is 4.98 Å². The summed E-state index contributed by atoms with van der Waals surface area (Å²) in [6.45, 7) is 0.744. The molecule has 2 rings (SSSR count). The first-order valence-electron chi connectivity index (χ1n) is 6.06. The lowest BCUT2D eigenvalue weighted by Gasteiger charge is -2.17. The molecule has 1 heterocycles. The quantitative estimate of drug-likeness (QED) is 0.851. The molecule has 1 atom stereocenters. The van der Waals surface area contributed by atoms with Gasteiger partial charge in [-0.2, -0.15) is 0 Å². The van der Waals surface area contributed by atoms with Crippen LogP contribution in [-0.2, 0) is 0 Å². The third kappa shape index (κ3) is 3.14. The molecule has 0 saturated heterocycles. The van der Waals surface area contributed by atoms with Gasteiger partial charge in [-0.1, -0.05) is 30.3 Å². The summed E-state index contributed by atoms with van der Waals surface area (Å²) >= 11 is 0. The monoisotopic (exact) mass is 226 g/mol. The van der Waals surface area contributed by atoms with Gasteiger partial charge in [-0.05, 0) is 42.6 Å². The van der Waals surface area contributed by atoms with Gasteiger partial charge < -0.3 is 5.73 Å². The van der Waals surface area contributed by atoms with Crippen LogP contribution in [0.3, 0.4) is 0 Å². The number of hydrogen-bond acceptors (Lipinski definition) is 2. The first-order valence-corrected chi connectivity index (χ1v) is 6.06. The maximum atomic E-state index is 5.62. The summed E-state index contributed by atoms with van der Waals surface area (Å²) in [5.41, 5.74) is 8.29. The topological polar surface area (TPSA) is 38.9 Å². The first kappa shape index (κ1) is 11.8. The van der Waals surface area contributed by atoms with Crippen LogP contribution in [0.5, 0.6) is 0 Å². The van der Waals surface area contributed by atoms with E-state index < -0.39 is 0 Å². The van der Waals surface area contributed by atoms with Crippen LogP contribution in [0.2, 0.25) is 0 Å². The van der Waals surface area contributed by atoms with E-state index >= 15 is 0 Å². The van der Waals surface area contributed by atoms with Crippen molar-refractivity contribution in [2.75, 3.05) is 6.54 Å². The Kier molecular flexibility index (Phi) is 4.28. The predicted octanol–water partition coefficient (Wildman–Crippen LogP) is 2.95. The fraction of sp³-hybridized carbons (Fsp3) is 0.267. The Bertz CT molecular complexity index is 386. The minimum atomic E-state index is 0.433. The number of benzene rings is 1. The summed E-state index contributed by atoms with van der Waals surface area (Å²) in [5.74, 6) is 0.433. The highest BCUT2D eigenvalue weighted by atomic mass is 14.6. The van der Waals surface area contributed by atoms with Gasteiger partial charge >= 0.3 is 0 Å². The third-order valence-corrected chi connectivity index (χ3v) is 3.01. The van der Waals surface area contributed by atoms with E-state index in [2.05, 4.69) is 47.4 Å². The summed E-state index contributed by atoms with van der Waals surface area (Å²) in [6, 6.07) is 14.8. The molecule has 17 heavy (non-hydrogen) atoms. The number of nitrogens with zero attached hydrogens (tertiary/aromatic N) is 1. The van der Waals surface area contributed by atoms with Crippen LogP contribution in [0.15, 0.2) is 54.9 Å². The standard InChI is InChI=1S/C15H18N2/c16-10-4-7-15(13-5-2-1-3-6-13)14-8-11-17-12-9-14/h1-3,5-6,8-9,11-12,15H,4,7,10,16H2. The molecule has 2 aromatic rings. The Hall–Kier alpha value is -1.67. The van der Waals surface area contributed by atoms with Gasteiger partial charge in [-0.3, -0.25) is 4.98 Å². The molecule has 0 amide bonds. The van der Waals surface area contributed by atoms with Gasteiger partial charge in [0.15, 0.2) is 0 Å². The fourth-order valence-electron chi connectivity index (χ4n) is 2.13. The van der Waals surface area contributed by atoms with Crippen molar-refractivity contribution >= 4 is 0 Å². The molecule has 2 heteroatoms. The number of pyridine rings is 1. The molecule has 1 unspecified atom stereocenters. The van der Waals surface area contributed by atoms with Gasteiger partial charge in [0.05, 0.1) is 0 Å². The maximum absolute atomic E-state index is 5.62. The van der Waals surface area contributed by atoms with Crippen molar-refractivity contribution in [3.63, 3.8) is 0 Å². The Balaban J connectivity index is 2.26. The van der Waals surface area contributed by atoms with Crippen molar-refractivity contribution in [2.45, 2.75) is 18.8 Å². The molecule has 0 aliphatic carbocycles. The maximum Gasteiger partial charge on any atom is 0.0270 e. The van der Waals surface area contributed by atoms with Crippen LogP contribution in [0, 0.1) is 0 Å². The van der Waals surface area contributed by atoms with E-state index in [0.717, 1.165) is 19.4 Å². The Morgan fingerprint density at radius 2 is 1.59 bits per heavy atom. The molecule has 1 aromatic heterocycles. The van der Waals surface area contributed by atoms with Crippen molar-refractivity contribution in [1.29, 1.82) is 0 Å². The summed E-state index contributed by atoms with van der Waals surface area (Å²) in [4.78, 5) is 4.08. The fourth-order valence-corrected chi connectivity index (χ4v) is 2.13. The summed E-state index contributed by atoms with van der Waals surface area (Å²) < 4.78 is 0. The van der Waals surface area contributed by atoms with E-state index in [0.29, 0.717) is 5.92 Å². The Labute approximate surface area is 103 Å². The average molecular weight is 226 g/mol. The number of hydrogen-bond donors (Lipinski definition) is 1. The van der Waals surface area contributed by atoms with E-state index in [1.165, 1.54) is 11.1 Å². The molecular weight excluding hydrogens is 208 g/mol. The van der Waals surface area contributed by atoms with E-state index in [4.69, 9.17) is 5.73 Å². The van der Waals surface area contributed by atoms with Gasteiger partial charge in [0.2, 0.25) is 0 Å².